The second kappa shape index (κ2) is 3.96. The molecule has 0 spiro atoms. The van der Waals surface area contributed by atoms with Gasteiger partial charge in [-0.1, -0.05) is 31.5 Å². The van der Waals surface area contributed by atoms with Crippen LogP contribution in [0.15, 0.2) is 12.1 Å². The lowest BCUT2D eigenvalue weighted by atomic mass is 9.97. The van der Waals surface area contributed by atoms with E-state index in [2.05, 4.69) is 0 Å². The van der Waals surface area contributed by atoms with Gasteiger partial charge in [-0.25, -0.2) is 9.18 Å². The molecule has 0 aromatic heterocycles. The van der Waals surface area contributed by atoms with Crippen LogP contribution in [0.3, 0.4) is 0 Å². The Morgan fingerprint density at radius 1 is 1.50 bits per heavy atom. The molecule has 0 saturated heterocycles. The molecule has 76 valence electrons. The van der Waals surface area contributed by atoms with Gasteiger partial charge in [0.15, 0.2) is 5.82 Å². The summed E-state index contributed by atoms with van der Waals surface area (Å²) >= 11 is 5.50. The average molecular weight is 217 g/mol. The Balaban J connectivity index is 3.45. The van der Waals surface area contributed by atoms with E-state index in [0.717, 1.165) is 0 Å². The van der Waals surface area contributed by atoms with Crippen molar-refractivity contribution in [1.29, 1.82) is 0 Å². The molecule has 0 radical (unpaired) electrons. The van der Waals surface area contributed by atoms with E-state index in [1.54, 1.807) is 19.9 Å². The normalized spacial score (nSPS) is 10.6. The summed E-state index contributed by atoms with van der Waals surface area (Å²) in [5.41, 5.74) is 0.131. The Kier molecular flexibility index (Phi) is 3.11. The first kappa shape index (κ1) is 11.0. The number of rotatable bonds is 2. The summed E-state index contributed by atoms with van der Waals surface area (Å²) in [7, 11) is 0. The van der Waals surface area contributed by atoms with E-state index >= 15 is 0 Å². The molecular formula is C10H10ClFO2. The highest BCUT2D eigenvalue weighted by Gasteiger charge is 2.19. The van der Waals surface area contributed by atoms with Crippen LogP contribution in [-0.2, 0) is 0 Å². The first-order valence-corrected chi connectivity index (χ1v) is 4.54. The summed E-state index contributed by atoms with van der Waals surface area (Å²) in [4.78, 5) is 10.8. The fourth-order valence-corrected chi connectivity index (χ4v) is 1.42. The molecule has 1 N–H and O–H groups in total. The van der Waals surface area contributed by atoms with Gasteiger partial charge in [0.1, 0.15) is 5.56 Å². The topological polar surface area (TPSA) is 37.3 Å². The lowest BCUT2D eigenvalue weighted by Crippen LogP contribution is -2.07. The summed E-state index contributed by atoms with van der Waals surface area (Å²) in [5, 5.41) is 8.66. The van der Waals surface area contributed by atoms with Gasteiger partial charge in [-0.3, -0.25) is 0 Å². The summed E-state index contributed by atoms with van der Waals surface area (Å²) in [5.74, 6) is -2.19. The fourth-order valence-electron chi connectivity index (χ4n) is 1.26. The molecule has 4 heteroatoms. The second-order valence-corrected chi connectivity index (χ2v) is 3.69. The summed E-state index contributed by atoms with van der Waals surface area (Å²) in [6.45, 7) is 3.60. The van der Waals surface area contributed by atoms with Gasteiger partial charge in [-0.05, 0) is 17.5 Å². The summed E-state index contributed by atoms with van der Waals surface area (Å²) in [6.07, 6.45) is 0. The van der Waals surface area contributed by atoms with E-state index in [1.165, 1.54) is 6.07 Å². The SMILES string of the molecule is CC(C)c1ccc(Cl)c(F)c1C(=O)O. The predicted molar refractivity (Wildman–Crippen MR) is 52.5 cm³/mol. The van der Waals surface area contributed by atoms with Crippen LogP contribution in [-0.4, -0.2) is 11.1 Å². The van der Waals surface area contributed by atoms with E-state index in [4.69, 9.17) is 16.7 Å². The molecule has 0 aliphatic heterocycles. The number of hydrogen-bond acceptors (Lipinski definition) is 1. The molecule has 0 aliphatic rings. The largest absolute Gasteiger partial charge is 0.478 e. The molecule has 0 fully saturated rings. The van der Waals surface area contributed by atoms with Gasteiger partial charge < -0.3 is 5.11 Å². The second-order valence-electron chi connectivity index (χ2n) is 3.29. The molecule has 1 rings (SSSR count). The van der Waals surface area contributed by atoms with Crippen LogP contribution in [0.1, 0.15) is 35.7 Å². The molecular weight excluding hydrogens is 207 g/mol. The molecule has 0 saturated carbocycles. The van der Waals surface area contributed by atoms with Crippen molar-refractivity contribution >= 4 is 17.6 Å². The van der Waals surface area contributed by atoms with E-state index in [9.17, 15) is 9.18 Å². The van der Waals surface area contributed by atoms with Crippen molar-refractivity contribution < 1.29 is 14.3 Å². The smallest absolute Gasteiger partial charge is 0.339 e. The molecule has 0 atom stereocenters. The third kappa shape index (κ3) is 1.87. The number of carboxylic acids is 1. The molecule has 0 aliphatic carbocycles. The number of carbonyl (C=O) groups is 1. The molecule has 14 heavy (non-hydrogen) atoms. The first-order chi connectivity index (χ1) is 6.45. The number of benzene rings is 1. The average Bonchev–Trinajstić information content (AvgIpc) is 2.08. The van der Waals surface area contributed by atoms with Crippen molar-refractivity contribution in [3.8, 4) is 0 Å². The Bertz CT molecular complexity index is 375. The zero-order valence-electron chi connectivity index (χ0n) is 7.84. The van der Waals surface area contributed by atoms with Crippen molar-refractivity contribution in [3.05, 3.63) is 34.1 Å². The van der Waals surface area contributed by atoms with Crippen LogP contribution >= 0.6 is 11.6 Å². The number of hydrogen-bond donors (Lipinski definition) is 1. The fraction of sp³-hybridized carbons (Fsp3) is 0.300. The minimum atomic E-state index is -1.28. The number of halogens is 2. The lowest BCUT2D eigenvalue weighted by Gasteiger charge is -2.10. The van der Waals surface area contributed by atoms with E-state index < -0.39 is 11.8 Å². The minimum absolute atomic E-state index is 0.0483. The minimum Gasteiger partial charge on any atom is -0.478 e. The van der Waals surface area contributed by atoms with Gasteiger partial charge in [-0.2, -0.15) is 0 Å². The van der Waals surface area contributed by atoms with Gasteiger partial charge in [0.25, 0.3) is 0 Å². The maximum absolute atomic E-state index is 13.4. The van der Waals surface area contributed by atoms with E-state index in [1.807, 2.05) is 0 Å². The Hall–Kier alpha value is -1.09. The van der Waals surface area contributed by atoms with Crippen LogP contribution in [0, 0.1) is 5.82 Å². The highest BCUT2D eigenvalue weighted by Crippen LogP contribution is 2.26. The zero-order valence-corrected chi connectivity index (χ0v) is 8.60. The lowest BCUT2D eigenvalue weighted by molar-refractivity contribution is 0.0690. The van der Waals surface area contributed by atoms with Crippen LogP contribution < -0.4 is 0 Å². The van der Waals surface area contributed by atoms with Gasteiger partial charge in [0, 0.05) is 0 Å². The highest BCUT2D eigenvalue weighted by molar-refractivity contribution is 6.31. The van der Waals surface area contributed by atoms with E-state index in [-0.39, 0.29) is 16.5 Å². The summed E-state index contributed by atoms with van der Waals surface area (Å²) < 4.78 is 13.4. The third-order valence-corrected chi connectivity index (χ3v) is 2.25. The maximum atomic E-state index is 13.4. The Labute approximate surface area is 86.3 Å². The van der Waals surface area contributed by atoms with Crippen molar-refractivity contribution in [2.45, 2.75) is 19.8 Å². The predicted octanol–water partition coefficient (Wildman–Crippen LogP) is 3.30. The number of carboxylic acid groups (broad SMARTS) is 1. The molecule has 2 nitrogen and oxygen atoms in total. The van der Waals surface area contributed by atoms with Gasteiger partial charge in [0.2, 0.25) is 0 Å². The summed E-state index contributed by atoms with van der Waals surface area (Å²) in [6, 6.07) is 2.91. The Morgan fingerprint density at radius 2 is 2.07 bits per heavy atom. The molecule has 0 bridgehead atoms. The van der Waals surface area contributed by atoms with Crippen molar-refractivity contribution in [2.75, 3.05) is 0 Å². The number of aromatic carboxylic acids is 1. The molecule has 0 amide bonds. The van der Waals surface area contributed by atoms with Gasteiger partial charge in [0.05, 0.1) is 5.02 Å². The quantitative estimate of drug-likeness (QED) is 0.824. The first-order valence-electron chi connectivity index (χ1n) is 4.16. The van der Waals surface area contributed by atoms with Gasteiger partial charge in [-0.15, -0.1) is 0 Å². The zero-order chi connectivity index (χ0) is 10.9. The Morgan fingerprint density at radius 3 is 2.50 bits per heavy atom. The van der Waals surface area contributed by atoms with Gasteiger partial charge >= 0.3 is 5.97 Å². The van der Waals surface area contributed by atoms with E-state index in [0.29, 0.717) is 5.56 Å². The van der Waals surface area contributed by atoms with Crippen LogP contribution in [0.5, 0.6) is 0 Å². The monoisotopic (exact) mass is 216 g/mol. The van der Waals surface area contributed by atoms with Crippen molar-refractivity contribution in [3.63, 3.8) is 0 Å². The molecule has 0 unspecified atom stereocenters. The van der Waals surface area contributed by atoms with Crippen LogP contribution in [0.25, 0.3) is 0 Å². The standard InChI is InChI=1S/C10H10ClFO2/c1-5(2)6-3-4-7(11)9(12)8(6)10(13)14/h3-5H,1-2H3,(H,13,14). The highest BCUT2D eigenvalue weighted by atomic mass is 35.5. The van der Waals surface area contributed by atoms with Crippen LogP contribution in [0.4, 0.5) is 4.39 Å². The molecule has 1 aromatic rings. The third-order valence-electron chi connectivity index (χ3n) is 1.96. The molecule has 1 aromatic carbocycles. The van der Waals surface area contributed by atoms with Crippen molar-refractivity contribution in [1.82, 2.24) is 0 Å². The van der Waals surface area contributed by atoms with Crippen LogP contribution in [0.2, 0.25) is 5.02 Å². The molecule has 0 heterocycles. The van der Waals surface area contributed by atoms with Crippen molar-refractivity contribution in [2.24, 2.45) is 0 Å². The maximum Gasteiger partial charge on any atom is 0.339 e.